The van der Waals surface area contributed by atoms with Crippen molar-refractivity contribution in [2.24, 2.45) is 0 Å². The van der Waals surface area contributed by atoms with Crippen LogP contribution < -0.4 is 5.32 Å². The van der Waals surface area contributed by atoms with Gasteiger partial charge in [0.25, 0.3) is 0 Å². The van der Waals surface area contributed by atoms with E-state index in [-0.39, 0.29) is 0 Å². The van der Waals surface area contributed by atoms with Crippen molar-refractivity contribution in [2.75, 3.05) is 17.6 Å². The summed E-state index contributed by atoms with van der Waals surface area (Å²) < 4.78 is 0.319. The molecule has 0 radical (unpaired) electrons. The molecule has 1 N–H and O–H groups in total. The molecular formula is C12H14ClN3S2. The van der Waals surface area contributed by atoms with Gasteiger partial charge in [-0.3, -0.25) is 0 Å². The number of hydrogen-bond donors (Lipinski definition) is 1. The van der Waals surface area contributed by atoms with Gasteiger partial charge in [-0.05, 0) is 48.6 Å². The molecular weight excluding hydrogens is 286 g/mol. The van der Waals surface area contributed by atoms with Crippen molar-refractivity contribution in [3.8, 4) is 0 Å². The SMILES string of the molecule is CC1(CNc2nc(Cl)nc3sccc23)CCCS1. The van der Waals surface area contributed by atoms with Crippen LogP contribution in [-0.2, 0) is 0 Å². The van der Waals surface area contributed by atoms with E-state index in [1.165, 1.54) is 18.6 Å². The highest BCUT2D eigenvalue weighted by Crippen LogP contribution is 2.38. The minimum atomic E-state index is 0.316. The van der Waals surface area contributed by atoms with Gasteiger partial charge in [-0.1, -0.05) is 0 Å². The molecule has 0 amide bonds. The number of nitrogens with zero attached hydrogens (tertiary/aromatic N) is 2. The molecule has 1 fully saturated rings. The molecule has 0 spiro atoms. The van der Waals surface area contributed by atoms with E-state index < -0.39 is 0 Å². The fourth-order valence-electron chi connectivity index (χ4n) is 2.21. The summed E-state index contributed by atoms with van der Waals surface area (Å²) in [5.41, 5.74) is 0. The van der Waals surface area contributed by atoms with Crippen molar-refractivity contribution in [1.82, 2.24) is 9.97 Å². The van der Waals surface area contributed by atoms with E-state index in [1.807, 2.05) is 23.2 Å². The van der Waals surface area contributed by atoms with Crippen LogP contribution >= 0.6 is 34.7 Å². The lowest BCUT2D eigenvalue weighted by atomic mass is 10.1. The Hall–Kier alpha value is -0.520. The van der Waals surface area contributed by atoms with Gasteiger partial charge in [0, 0.05) is 11.3 Å². The highest BCUT2D eigenvalue weighted by atomic mass is 35.5. The zero-order chi connectivity index (χ0) is 12.6. The van der Waals surface area contributed by atoms with Crippen LogP contribution in [0.5, 0.6) is 0 Å². The predicted molar refractivity (Wildman–Crippen MR) is 81.0 cm³/mol. The lowest BCUT2D eigenvalue weighted by molar-refractivity contribution is 0.634. The number of halogens is 1. The number of thioether (sulfide) groups is 1. The Morgan fingerprint density at radius 3 is 3.17 bits per heavy atom. The molecule has 1 aliphatic rings. The van der Waals surface area contributed by atoms with Gasteiger partial charge in [0.05, 0.1) is 5.39 Å². The number of nitrogens with one attached hydrogen (secondary N) is 1. The van der Waals surface area contributed by atoms with Crippen molar-refractivity contribution >= 4 is 50.7 Å². The van der Waals surface area contributed by atoms with Crippen LogP contribution in [-0.4, -0.2) is 27.0 Å². The zero-order valence-corrected chi connectivity index (χ0v) is 12.5. The highest BCUT2D eigenvalue weighted by molar-refractivity contribution is 8.00. The second-order valence-electron chi connectivity index (χ2n) is 4.74. The largest absolute Gasteiger partial charge is 0.368 e. The summed E-state index contributed by atoms with van der Waals surface area (Å²) in [4.78, 5) is 9.47. The van der Waals surface area contributed by atoms with Gasteiger partial charge >= 0.3 is 0 Å². The number of fused-ring (bicyclic) bond motifs is 1. The third-order valence-electron chi connectivity index (χ3n) is 3.23. The molecule has 1 saturated heterocycles. The van der Waals surface area contributed by atoms with Crippen LogP contribution in [0, 0.1) is 0 Å². The predicted octanol–water partition coefficient (Wildman–Crippen LogP) is 4.04. The smallest absolute Gasteiger partial charge is 0.225 e. The van der Waals surface area contributed by atoms with Crippen LogP contribution in [0.3, 0.4) is 0 Å². The van der Waals surface area contributed by atoms with Crippen LogP contribution in [0.15, 0.2) is 11.4 Å². The number of aromatic nitrogens is 2. The quantitative estimate of drug-likeness (QED) is 0.868. The van der Waals surface area contributed by atoms with Crippen molar-refractivity contribution < 1.29 is 0 Å². The monoisotopic (exact) mass is 299 g/mol. The van der Waals surface area contributed by atoms with Gasteiger partial charge < -0.3 is 5.32 Å². The van der Waals surface area contributed by atoms with Gasteiger partial charge in [-0.15, -0.1) is 11.3 Å². The van der Waals surface area contributed by atoms with Gasteiger partial charge in [0.1, 0.15) is 10.6 Å². The first kappa shape index (κ1) is 12.5. The minimum Gasteiger partial charge on any atom is -0.368 e. The molecule has 0 saturated carbocycles. The Morgan fingerprint density at radius 1 is 1.50 bits per heavy atom. The first-order valence-corrected chi connectivity index (χ1v) is 8.19. The van der Waals surface area contributed by atoms with Crippen molar-refractivity contribution in [3.05, 3.63) is 16.7 Å². The van der Waals surface area contributed by atoms with Gasteiger partial charge in [-0.2, -0.15) is 11.8 Å². The maximum atomic E-state index is 5.95. The van der Waals surface area contributed by atoms with Crippen molar-refractivity contribution in [1.29, 1.82) is 0 Å². The van der Waals surface area contributed by atoms with E-state index in [1.54, 1.807) is 11.3 Å². The Balaban J connectivity index is 1.83. The Morgan fingerprint density at radius 2 is 2.39 bits per heavy atom. The zero-order valence-electron chi connectivity index (χ0n) is 10.1. The van der Waals surface area contributed by atoms with E-state index in [0.29, 0.717) is 10.0 Å². The Bertz CT molecular complexity index is 563. The van der Waals surface area contributed by atoms with Crippen LogP contribution in [0.1, 0.15) is 19.8 Å². The molecule has 0 aliphatic carbocycles. The molecule has 0 bridgehead atoms. The topological polar surface area (TPSA) is 37.8 Å². The molecule has 96 valence electrons. The molecule has 2 aromatic rings. The molecule has 3 rings (SSSR count). The van der Waals surface area contributed by atoms with E-state index in [0.717, 1.165) is 22.6 Å². The van der Waals surface area contributed by atoms with Crippen LogP contribution in [0.4, 0.5) is 5.82 Å². The Labute approximate surface area is 119 Å². The lowest BCUT2D eigenvalue weighted by Gasteiger charge is -2.23. The van der Waals surface area contributed by atoms with Gasteiger partial charge in [-0.25, -0.2) is 9.97 Å². The van der Waals surface area contributed by atoms with Crippen molar-refractivity contribution in [3.63, 3.8) is 0 Å². The Kier molecular flexibility index (Phi) is 3.38. The molecule has 18 heavy (non-hydrogen) atoms. The number of rotatable bonds is 3. The standard InChI is InChI=1S/C12H14ClN3S2/c1-12(4-2-5-18-12)7-14-9-8-3-6-17-10(8)16-11(13)15-9/h3,6H,2,4-5,7H2,1H3,(H,14,15,16). The van der Waals surface area contributed by atoms with Gasteiger partial charge in [0.2, 0.25) is 5.28 Å². The second-order valence-corrected chi connectivity index (χ2v) is 7.65. The van der Waals surface area contributed by atoms with Crippen molar-refractivity contribution in [2.45, 2.75) is 24.5 Å². The fourth-order valence-corrected chi connectivity index (χ4v) is 4.44. The summed E-state index contributed by atoms with van der Waals surface area (Å²) in [5.74, 6) is 2.12. The third-order valence-corrected chi connectivity index (χ3v) is 5.74. The molecule has 3 nitrogen and oxygen atoms in total. The normalized spacial score (nSPS) is 23.7. The number of hydrogen-bond acceptors (Lipinski definition) is 5. The average molecular weight is 300 g/mol. The van der Waals surface area contributed by atoms with E-state index in [4.69, 9.17) is 11.6 Å². The highest BCUT2D eigenvalue weighted by Gasteiger charge is 2.29. The van der Waals surface area contributed by atoms with Crippen LogP contribution in [0.2, 0.25) is 5.28 Å². The summed E-state index contributed by atoms with van der Waals surface area (Å²) in [6.45, 7) is 3.24. The number of thiophene rings is 1. The second kappa shape index (κ2) is 4.87. The summed E-state index contributed by atoms with van der Waals surface area (Å²) in [6.07, 6.45) is 2.57. The van der Waals surface area contributed by atoms with E-state index in [9.17, 15) is 0 Å². The summed E-state index contributed by atoms with van der Waals surface area (Å²) in [5, 5.41) is 6.85. The summed E-state index contributed by atoms with van der Waals surface area (Å²) >= 11 is 9.58. The first-order valence-electron chi connectivity index (χ1n) is 5.95. The molecule has 1 aliphatic heterocycles. The number of anilines is 1. The van der Waals surface area contributed by atoms with E-state index in [2.05, 4.69) is 22.2 Å². The maximum Gasteiger partial charge on any atom is 0.225 e. The first-order chi connectivity index (χ1) is 8.66. The molecule has 1 unspecified atom stereocenters. The average Bonchev–Trinajstić information content (AvgIpc) is 2.95. The van der Waals surface area contributed by atoms with E-state index >= 15 is 0 Å². The third kappa shape index (κ3) is 2.44. The lowest BCUT2D eigenvalue weighted by Crippen LogP contribution is -2.27. The molecule has 1 atom stereocenters. The molecule has 0 aromatic carbocycles. The van der Waals surface area contributed by atoms with Crippen LogP contribution in [0.25, 0.3) is 10.2 Å². The van der Waals surface area contributed by atoms with Gasteiger partial charge in [0.15, 0.2) is 0 Å². The minimum absolute atomic E-state index is 0.316. The summed E-state index contributed by atoms with van der Waals surface area (Å²) in [6, 6.07) is 2.04. The fraction of sp³-hybridized carbons (Fsp3) is 0.500. The molecule has 6 heteroatoms. The molecule has 3 heterocycles. The molecule has 2 aromatic heterocycles. The maximum absolute atomic E-state index is 5.95. The summed E-state index contributed by atoms with van der Waals surface area (Å²) in [7, 11) is 0.